The van der Waals surface area contributed by atoms with Gasteiger partial charge < -0.3 is 19.0 Å². The first kappa shape index (κ1) is 17.1. The van der Waals surface area contributed by atoms with Crippen molar-refractivity contribution in [3.05, 3.63) is 34.4 Å². The fourth-order valence-corrected chi connectivity index (χ4v) is 1.26. The summed E-state index contributed by atoms with van der Waals surface area (Å²) in [5, 5.41) is 10.4. The average Bonchev–Trinajstić information content (AvgIpc) is 2.45. The van der Waals surface area contributed by atoms with Crippen LogP contribution in [0.25, 0.3) is 0 Å². The van der Waals surface area contributed by atoms with E-state index in [1.54, 1.807) is 0 Å². The molecule has 1 aromatic rings. The number of benzene rings is 1. The molecule has 9 nitrogen and oxygen atoms in total. The second kappa shape index (κ2) is 8.35. The van der Waals surface area contributed by atoms with E-state index < -0.39 is 23.8 Å². The zero-order valence-electron chi connectivity index (χ0n) is 11.6. The van der Waals surface area contributed by atoms with Gasteiger partial charge in [-0.3, -0.25) is 14.9 Å². The number of Topliss-reactive ketones (excluding diaryl/α,β-unsaturated/α-hetero) is 1. The number of carbonyl (C=O) groups excluding carboxylic acids is 3. The maximum atomic E-state index is 11.3. The summed E-state index contributed by atoms with van der Waals surface area (Å²) in [6.07, 6.45) is -1.18. The molecule has 22 heavy (non-hydrogen) atoms. The van der Waals surface area contributed by atoms with Crippen molar-refractivity contribution in [2.45, 2.75) is 19.8 Å². The first-order valence-electron chi connectivity index (χ1n) is 6.12. The highest BCUT2D eigenvalue weighted by atomic mass is 16.8. The van der Waals surface area contributed by atoms with Gasteiger partial charge in [0.15, 0.2) is 0 Å². The molecule has 0 aliphatic heterocycles. The fourth-order valence-electron chi connectivity index (χ4n) is 1.26. The molecule has 0 aliphatic rings. The first-order valence-corrected chi connectivity index (χ1v) is 6.12. The smallest absolute Gasteiger partial charge is 0.428 e. The van der Waals surface area contributed by atoms with Crippen LogP contribution in [0.1, 0.15) is 19.8 Å². The lowest BCUT2D eigenvalue weighted by Gasteiger charge is -2.06. The Morgan fingerprint density at radius 2 is 1.73 bits per heavy atom. The molecule has 0 unspecified atom stereocenters. The van der Waals surface area contributed by atoms with Crippen molar-refractivity contribution in [1.82, 2.24) is 0 Å². The Balaban J connectivity index is 2.30. The molecule has 0 radical (unpaired) electrons. The zero-order valence-corrected chi connectivity index (χ0v) is 11.6. The summed E-state index contributed by atoms with van der Waals surface area (Å²) in [7, 11) is 0. The fraction of sp³-hybridized carbons (Fsp3) is 0.308. The number of hydrogen-bond acceptors (Lipinski definition) is 8. The largest absolute Gasteiger partial charge is 0.516 e. The molecule has 0 spiro atoms. The monoisotopic (exact) mass is 311 g/mol. The lowest BCUT2D eigenvalue weighted by Crippen LogP contribution is -2.16. The quantitative estimate of drug-likeness (QED) is 0.246. The highest BCUT2D eigenvalue weighted by molar-refractivity contribution is 5.80. The van der Waals surface area contributed by atoms with E-state index in [2.05, 4.69) is 9.47 Å². The van der Waals surface area contributed by atoms with Gasteiger partial charge in [0.2, 0.25) is 6.79 Å². The molecule has 0 bridgehead atoms. The molecule has 118 valence electrons. The number of nitrogens with zero attached hydrogens (tertiary/aromatic N) is 1. The minimum atomic E-state index is -1.13. The second-order valence-electron chi connectivity index (χ2n) is 4.08. The van der Waals surface area contributed by atoms with Gasteiger partial charge in [0, 0.05) is 18.6 Å². The number of ketones is 1. The Kier molecular flexibility index (Phi) is 6.48. The van der Waals surface area contributed by atoms with Gasteiger partial charge in [0.25, 0.3) is 5.69 Å². The van der Waals surface area contributed by atoms with Crippen LogP contribution >= 0.6 is 0 Å². The molecule has 0 aromatic heterocycles. The van der Waals surface area contributed by atoms with Crippen molar-refractivity contribution in [1.29, 1.82) is 0 Å². The Labute approximate surface area is 124 Å². The van der Waals surface area contributed by atoms with Crippen molar-refractivity contribution in [3.8, 4) is 5.75 Å². The number of nitro groups is 1. The number of esters is 1. The Bertz CT molecular complexity index is 566. The summed E-state index contributed by atoms with van der Waals surface area (Å²) < 4.78 is 13.7. The van der Waals surface area contributed by atoms with Gasteiger partial charge in [0.05, 0.1) is 11.3 Å². The van der Waals surface area contributed by atoms with E-state index in [1.165, 1.54) is 19.1 Å². The Hall–Kier alpha value is -2.97. The molecule has 0 fully saturated rings. The molecule has 0 amide bonds. The van der Waals surface area contributed by atoms with Gasteiger partial charge in [-0.1, -0.05) is 0 Å². The van der Waals surface area contributed by atoms with Crippen LogP contribution < -0.4 is 4.74 Å². The maximum absolute atomic E-state index is 11.3. The lowest BCUT2D eigenvalue weighted by molar-refractivity contribution is -0.384. The summed E-state index contributed by atoms with van der Waals surface area (Å²) in [6.45, 7) is 0.688. The van der Waals surface area contributed by atoms with Crippen LogP contribution in [-0.4, -0.2) is 29.6 Å². The summed E-state index contributed by atoms with van der Waals surface area (Å²) in [5.41, 5.74) is -0.153. The van der Waals surface area contributed by atoms with Crippen molar-refractivity contribution < 1.29 is 33.5 Å². The average molecular weight is 311 g/mol. The first-order chi connectivity index (χ1) is 10.4. The van der Waals surface area contributed by atoms with Crippen molar-refractivity contribution in [3.63, 3.8) is 0 Å². The second-order valence-corrected chi connectivity index (χ2v) is 4.08. The number of rotatable bonds is 7. The summed E-state index contributed by atoms with van der Waals surface area (Å²) in [4.78, 5) is 42.9. The van der Waals surface area contributed by atoms with E-state index in [-0.39, 0.29) is 30.1 Å². The molecule has 9 heteroatoms. The molecular formula is C13H13NO8. The van der Waals surface area contributed by atoms with Crippen molar-refractivity contribution in [2.75, 3.05) is 6.79 Å². The van der Waals surface area contributed by atoms with Crippen LogP contribution in [0.2, 0.25) is 0 Å². The molecule has 0 aliphatic carbocycles. The highest BCUT2D eigenvalue weighted by Gasteiger charge is 2.10. The van der Waals surface area contributed by atoms with Gasteiger partial charge >= 0.3 is 12.1 Å². The predicted molar refractivity (Wildman–Crippen MR) is 71.1 cm³/mol. The van der Waals surface area contributed by atoms with Crippen LogP contribution in [0.5, 0.6) is 5.75 Å². The summed E-state index contributed by atoms with van der Waals surface area (Å²) in [6, 6.07) is 4.76. The van der Waals surface area contributed by atoms with Crippen LogP contribution in [0.4, 0.5) is 10.5 Å². The van der Waals surface area contributed by atoms with E-state index >= 15 is 0 Å². The third-order valence-corrected chi connectivity index (χ3v) is 2.33. The van der Waals surface area contributed by atoms with Gasteiger partial charge in [0.1, 0.15) is 11.5 Å². The van der Waals surface area contributed by atoms with E-state index in [9.17, 15) is 24.5 Å². The number of nitro benzene ring substituents is 1. The topological polar surface area (TPSA) is 122 Å². The molecule has 0 saturated carbocycles. The van der Waals surface area contributed by atoms with Crippen molar-refractivity contribution in [2.24, 2.45) is 0 Å². The van der Waals surface area contributed by atoms with E-state index in [1.807, 2.05) is 0 Å². The number of ether oxygens (including phenoxy) is 3. The van der Waals surface area contributed by atoms with E-state index in [0.29, 0.717) is 0 Å². The lowest BCUT2D eigenvalue weighted by atomic mass is 10.2. The molecule has 0 saturated heterocycles. The van der Waals surface area contributed by atoms with Gasteiger partial charge in [-0.15, -0.1) is 0 Å². The van der Waals surface area contributed by atoms with Crippen molar-refractivity contribution >= 4 is 23.6 Å². The van der Waals surface area contributed by atoms with Gasteiger partial charge in [-0.05, 0) is 19.1 Å². The van der Waals surface area contributed by atoms with Crippen LogP contribution in [0, 0.1) is 10.1 Å². The minimum Gasteiger partial charge on any atom is -0.428 e. The molecule has 0 heterocycles. The van der Waals surface area contributed by atoms with E-state index in [0.717, 1.165) is 12.1 Å². The minimum absolute atomic E-state index is 0.0403. The Morgan fingerprint density at radius 3 is 2.27 bits per heavy atom. The standard InChI is InChI=1S/C13H13NO8/c1-9(15)2-7-12(16)20-8-21-13(17)22-11-5-3-10(4-6-11)14(18)19/h3-6H,2,7-8H2,1H3. The van der Waals surface area contributed by atoms with Crippen LogP contribution in [-0.2, 0) is 19.1 Å². The third-order valence-electron chi connectivity index (χ3n) is 2.33. The maximum Gasteiger partial charge on any atom is 0.516 e. The van der Waals surface area contributed by atoms with Crippen LogP contribution in [0.15, 0.2) is 24.3 Å². The predicted octanol–water partition coefficient (Wildman–Crippen LogP) is 1.98. The van der Waals surface area contributed by atoms with Gasteiger partial charge in [-0.2, -0.15) is 0 Å². The molecule has 1 rings (SSSR count). The van der Waals surface area contributed by atoms with Gasteiger partial charge in [-0.25, -0.2) is 4.79 Å². The summed E-state index contributed by atoms with van der Waals surface area (Å²) in [5.74, 6) is -0.799. The number of carbonyl (C=O) groups is 3. The summed E-state index contributed by atoms with van der Waals surface area (Å²) >= 11 is 0. The molecular weight excluding hydrogens is 298 g/mol. The van der Waals surface area contributed by atoms with E-state index in [4.69, 9.17) is 4.74 Å². The Morgan fingerprint density at radius 1 is 1.09 bits per heavy atom. The number of non-ortho nitro benzene ring substituents is 1. The normalized spacial score (nSPS) is 9.68. The number of hydrogen-bond donors (Lipinski definition) is 0. The molecule has 1 aromatic carbocycles. The molecule has 0 N–H and O–H groups in total. The molecule has 0 atom stereocenters. The SMILES string of the molecule is CC(=O)CCC(=O)OCOC(=O)Oc1ccc([N+](=O)[O-])cc1. The zero-order chi connectivity index (χ0) is 16.5. The van der Waals surface area contributed by atoms with Crippen LogP contribution in [0.3, 0.4) is 0 Å². The highest BCUT2D eigenvalue weighted by Crippen LogP contribution is 2.17. The third kappa shape index (κ3) is 6.46.